The van der Waals surface area contributed by atoms with Crippen LogP contribution in [0.2, 0.25) is 0 Å². The third-order valence-corrected chi connectivity index (χ3v) is 11.1. The first-order chi connectivity index (χ1) is 27.2. The van der Waals surface area contributed by atoms with Crippen LogP contribution < -0.4 is 14.5 Å². The molecule has 0 fully saturated rings. The van der Waals surface area contributed by atoms with Gasteiger partial charge in [0.05, 0.1) is 34.6 Å². The highest BCUT2D eigenvalue weighted by Crippen LogP contribution is 2.45. The summed E-state index contributed by atoms with van der Waals surface area (Å²) >= 11 is 0. The van der Waals surface area contributed by atoms with Crippen molar-refractivity contribution in [3.05, 3.63) is 120 Å². The zero-order chi connectivity index (χ0) is 41.5. The maximum Gasteiger partial charge on any atom is 0.167 e. The van der Waals surface area contributed by atoms with E-state index < -0.39 is 0 Å². The summed E-state index contributed by atoms with van der Waals surface area (Å²) in [4.78, 5) is 25.1. The Balaban J connectivity index is 1.41. The molecule has 8 heteroatoms. The Bertz CT molecular complexity index is 2670. The van der Waals surface area contributed by atoms with Crippen LogP contribution in [0.3, 0.4) is 0 Å². The average molecular weight is 772 g/mol. The molecule has 0 radical (unpaired) electrons. The number of rotatable bonds is 5. The zero-order valence-corrected chi connectivity index (χ0v) is 36.5. The lowest BCUT2D eigenvalue weighted by Gasteiger charge is -2.26. The maximum absolute atomic E-state index is 7.26. The van der Waals surface area contributed by atoms with Gasteiger partial charge in [-0.25, -0.2) is 19.9 Å². The first-order valence-corrected chi connectivity index (χ1v) is 20.4. The molecule has 8 rings (SSSR count). The third kappa shape index (κ3) is 7.18. The Morgan fingerprint density at radius 3 is 1.86 bits per heavy atom. The van der Waals surface area contributed by atoms with E-state index in [1.165, 1.54) is 22.5 Å². The van der Waals surface area contributed by atoms with Gasteiger partial charge in [-0.05, 0) is 70.5 Å². The van der Waals surface area contributed by atoms with Crippen molar-refractivity contribution in [2.45, 2.75) is 105 Å². The molecule has 0 N–H and O–H groups in total. The van der Waals surface area contributed by atoms with Gasteiger partial charge in [-0.1, -0.05) is 113 Å². The molecule has 0 aliphatic carbocycles. The molecule has 4 aromatic carbocycles. The number of ether oxygens (including phenoxy) is 1. The topological polar surface area (TPSA) is 72.2 Å². The predicted octanol–water partition coefficient (Wildman–Crippen LogP) is 12.6. The molecule has 0 amide bonds. The number of nitrogens with zero attached hydrogens (tertiary/aromatic N) is 7. The summed E-state index contributed by atoms with van der Waals surface area (Å²) < 4.78 is 9.53. The fraction of sp³-hybridized carbons (Fsp3) is 0.360. The molecular weight excluding hydrogens is 715 g/mol. The number of aromatic nitrogens is 5. The van der Waals surface area contributed by atoms with E-state index in [-0.39, 0.29) is 21.7 Å². The zero-order valence-electron chi connectivity index (χ0n) is 36.5. The van der Waals surface area contributed by atoms with Crippen molar-refractivity contribution in [1.29, 1.82) is 0 Å². The van der Waals surface area contributed by atoms with Crippen LogP contribution in [-0.4, -0.2) is 38.2 Å². The first-order valence-electron chi connectivity index (χ1n) is 20.4. The van der Waals surface area contributed by atoms with Gasteiger partial charge in [-0.3, -0.25) is 4.57 Å². The Kier molecular flexibility index (Phi) is 9.22. The monoisotopic (exact) mass is 771 g/mol. The van der Waals surface area contributed by atoms with Gasteiger partial charge in [0, 0.05) is 52.7 Å². The minimum atomic E-state index is -0.308. The summed E-state index contributed by atoms with van der Waals surface area (Å²) in [6.07, 6.45) is 1.92. The van der Waals surface area contributed by atoms with E-state index in [1.807, 2.05) is 6.20 Å². The lowest BCUT2D eigenvalue weighted by atomic mass is 9.86. The van der Waals surface area contributed by atoms with Crippen LogP contribution >= 0.6 is 0 Å². The van der Waals surface area contributed by atoms with E-state index in [9.17, 15) is 0 Å². The Morgan fingerprint density at radius 2 is 1.21 bits per heavy atom. The van der Waals surface area contributed by atoms with E-state index >= 15 is 0 Å². The van der Waals surface area contributed by atoms with E-state index in [0.717, 1.165) is 62.9 Å². The number of hydrogen-bond acceptors (Lipinski definition) is 7. The molecule has 0 spiro atoms. The van der Waals surface area contributed by atoms with Crippen molar-refractivity contribution in [2.24, 2.45) is 0 Å². The molecule has 1 aliphatic heterocycles. The van der Waals surface area contributed by atoms with Crippen LogP contribution in [0.4, 0.5) is 17.1 Å². The molecule has 0 unspecified atom stereocenters. The van der Waals surface area contributed by atoms with Gasteiger partial charge in [0.25, 0.3) is 0 Å². The smallest absolute Gasteiger partial charge is 0.167 e. The SMILES string of the molecule is CN1CN(c2cc(Oc3cc4c(cc3-c3nc(C(C)(C)C)nc(C(C)(C)C)n3)c3ccccc3n4-c3cc(C(C)(C)C)ccn3)cc(C(C)(C)C)c2)c2ccccc21. The van der Waals surface area contributed by atoms with Crippen molar-refractivity contribution in [3.8, 4) is 28.7 Å². The highest BCUT2D eigenvalue weighted by molar-refractivity contribution is 6.11. The molecular formula is C50H57N7O. The number of pyridine rings is 1. The van der Waals surface area contributed by atoms with Crippen molar-refractivity contribution in [3.63, 3.8) is 0 Å². The summed E-state index contributed by atoms with van der Waals surface area (Å²) in [6, 6.07) is 32.5. The Hall–Kier alpha value is -5.76. The van der Waals surface area contributed by atoms with Gasteiger partial charge < -0.3 is 14.5 Å². The second kappa shape index (κ2) is 13.7. The van der Waals surface area contributed by atoms with Crippen molar-refractivity contribution >= 4 is 38.9 Å². The maximum atomic E-state index is 7.26. The fourth-order valence-electron chi connectivity index (χ4n) is 7.63. The van der Waals surface area contributed by atoms with Crippen LogP contribution in [0.25, 0.3) is 39.0 Å². The number of para-hydroxylation sites is 3. The molecule has 0 atom stereocenters. The minimum absolute atomic E-state index is 0.0491. The van der Waals surface area contributed by atoms with E-state index in [1.54, 1.807) is 0 Å². The molecule has 0 saturated heterocycles. The van der Waals surface area contributed by atoms with E-state index in [2.05, 4.69) is 195 Å². The summed E-state index contributed by atoms with van der Waals surface area (Å²) in [5.41, 5.74) is 7.90. The highest BCUT2D eigenvalue weighted by atomic mass is 16.5. The predicted molar refractivity (Wildman–Crippen MR) is 241 cm³/mol. The van der Waals surface area contributed by atoms with Crippen LogP contribution in [0, 0.1) is 0 Å². The van der Waals surface area contributed by atoms with Crippen LogP contribution in [0.15, 0.2) is 97.2 Å². The Labute approximate surface area is 344 Å². The fourth-order valence-corrected chi connectivity index (χ4v) is 7.63. The summed E-state index contributed by atoms with van der Waals surface area (Å²) in [5.74, 6) is 4.34. The molecule has 4 heterocycles. The normalized spacial score (nSPS) is 13.8. The lowest BCUT2D eigenvalue weighted by Crippen LogP contribution is -2.24. The largest absolute Gasteiger partial charge is 0.456 e. The standard InChI is InChI=1S/C50H57N7O/c1-47(2,3)31-22-23-51-43(26-31)57-38-19-15-14-18-35(38)36-28-37(44-52-45(49(7,8)9)54-46(53-44)50(10,11)12)42(29-41(36)57)58-34-25-32(48(4,5)6)24-33(27-34)56-30-55(13)39-20-16-17-21-40(39)56/h14-29H,30H2,1-13H3. The van der Waals surface area contributed by atoms with Crippen molar-refractivity contribution in [2.75, 3.05) is 23.5 Å². The number of benzene rings is 4. The quantitative estimate of drug-likeness (QED) is 0.172. The van der Waals surface area contributed by atoms with Crippen LogP contribution in [0.5, 0.6) is 11.5 Å². The van der Waals surface area contributed by atoms with E-state index in [0.29, 0.717) is 11.6 Å². The molecule has 3 aromatic heterocycles. The summed E-state index contributed by atoms with van der Waals surface area (Å²) in [7, 11) is 2.14. The highest BCUT2D eigenvalue weighted by Gasteiger charge is 2.30. The first kappa shape index (κ1) is 39.1. The number of anilines is 3. The molecule has 0 bridgehead atoms. The lowest BCUT2D eigenvalue weighted by molar-refractivity contribution is 0.478. The number of fused-ring (bicyclic) bond motifs is 4. The van der Waals surface area contributed by atoms with Crippen molar-refractivity contribution in [1.82, 2.24) is 24.5 Å². The molecule has 8 nitrogen and oxygen atoms in total. The van der Waals surface area contributed by atoms with Gasteiger partial charge >= 0.3 is 0 Å². The summed E-state index contributed by atoms with van der Waals surface area (Å²) in [6.45, 7) is 27.1. The van der Waals surface area contributed by atoms with Crippen molar-refractivity contribution < 1.29 is 4.74 Å². The number of hydrogen-bond donors (Lipinski definition) is 0. The molecule has 298 valence electrons. The van der Waals surface area contributed by atoms with Gasteiger partial charge in [0.1, 0.15) is 29.0 Å². The third-order valence-electron chi connectivity index (χ3n) is 11.1. The van der Waals surface area contributed by atoms with Crippen LogP contribution in [0.1, 0.15) is 106 Å². The van der Waals surface area contributed by atoms with Gasteiger partial charge in [0.15, 0.2) is 5.82 Å². The van der Waals surface area contributed by atoms with Crippen LogP contribution in [-0.2, 0) is 21.7 Å². The van der Waals surface area contributed by atoms with Gasteiger partial charge in [-0.2, -0.15) is 0 Å². The van der Waals surface area contributed by atoms with Gasteiger partial charge in [-0.15, -0.1) is 0 Å². The second-order valence-corrected chi connectivity index (χ2v) is 20.0. The van der Waals surface area contributed by atoms with Gasteiger partial charge in [0.2, 0.25) is 0 Å². The molecule has 58 heavy (non-hydrogen) atoms. The average Bonchev–Trinajstić information content (AvgIpc) is 3.67. The molecule has 7 aromatic rings. The second-order valence-electron chi connectivity index (χ2n) is 20.0. The Morgan fingerprint density at radius 1 is 0.569 bits per heavy atom. The van der Waals surface area contributed by atoms with E-state index in [4.69, 9.17) is 24.7 Å². The molecule has 0 saturated carbocycles. The molecule has 1 aliphatic rings. The minimum Gasteiger partial charge on any atom is -0.456 e. The summed E-state index contributed by atoms with van der Waals surface area (Å²) in [5, 5.41) is 2.18.